The van der Waals surface area contributed by atoms with Crippen molar-refractivity contribution in [3.05, 3.63) is 57.0 Å². The number of aromatic hydroxyl groups is 1. The molecule has 5 nitrogen and oxygen atoms in total. The third-order valence-electron chi connectivity index (χ3n) is 3.40. The summed E-state index contributed by atoms with van der Waals surface area (Å²) in [4.78, 5) is 22.1. The molecule has 0 amide bonds. The number of phenolic OH excluding ortho intramolecular Hbond substituents is 1. The van der Waals surface area contributed by atoms with Crippen LogP contribution in [0.25, 0.3) is 0 Å². The predicted octanol–water partition coefficient (Wildman–Crippen LogP) is 6.93. The monoisotopic (exact) mass is 601 g/mol. The molecule has 0 radical (unpaired) electrons. The van der Waals surface area contributed by atoms with E-state index in [2.05, 4.69) is 69.1 Å². The van der Waals surface area contributed by atoms with Crippen LogP contribution in [0.5, 0.6) is 11.5 Å². The summed E-state index contributed by atoms with van der Waals surface area (Å²) in [6, 6.07) is 7.80. The van der Waals surface area contributed by atoms with Gasteiger partial charge in [-0.25, -0.2) is 8.78 Å². The van der Waals surface area contributed by atoms with E-state index in [1.165, 1.54) is 69.9 Å². The predicted molar refractivity (Wildman–Crippen MR) is 131 cm³/mol. The summed E-state index contributed by atoms with van der Waals surface area (Å²) in [6.07, 6.45) is 0. The highest BCUT2D eigenvalue weighted by Gasteiger charge is 2.02. The smallest absolute Gasteiger partial charge is 0.308 e. The molecule has 0 spiro atoms. The largest absolute Gasteiger partial charge is 0.508 e. The van der Waals surface area contributed by atoms with E-state index in [0.29, 0.717) is 5.75 Å². The van der Waals surface area contributed by atoms with Gasteiger partial charge in [-0.3, -0.25) is 9.59 Å². The summed E-state index contributed by atoms with van der Waals surface area (Å²) in [5, 5.41) is 8.38. The Labute approximate surface area is 210 Å². The Balaban J connectivity index is 0. The van der Waals surface area contributed by atoms with Gasteiger partial charge in [0.25, 0.3) is 0 Å². The van der Waals surface area contributed by atoms with E-state index in [0.717, 1.165) is 0 Å². The average Bonchev–Trinajstić information content (AvgIpc) is 2.69. The first-order chi connectivity index (χ1) is 14.9. The molecule has 0 heterocycles. The van der Waals surface area contributed by atoms with Gasteiger partial charge in [0.2, 0.25) is 5.24 Å². The highest BCUT2D eigenvalue weighted by atomic mass is 79.9. The van der Waals surface area contributed by atoms with Crippen molar-refractivity contribution >= 4 is 54.7 Å². The maximum atomic E-state index is 12.6. The zero-order chi connectivity index (χ0) is 25.3. The van der Waals surface area contributed by atoms with Crippen molar-refractivity contribution in [3.8, 4) is 11.5 Å². The second-order valence-electron chi connectivity index (χ2n) is 5.86. The van der Waals surface area contributed by atoms with Crippen LogP contribution in [0.15, 0.2) is 45.3 Å². The van der Waals surface area contributed by atoms with Gasteiger partial charge in [-0.2, -0.15) is 0 Å². The Bertz CT molecular complexity index is 828. The van der Waals surface area contributed by atoms with Crippen molar-refractivity contribution < 1.29 is 28.2 Å². The minimum atomic E-state index is -0.423. The summed E-state index contributed by atoms with van der Waals surface area (Å²) in [5.41, 5.74) is 0. The molecule has 0 fully saturated rings. The number of halogens is 5. The highest BCUT2D eigenvalue weighted by molar-refractivity contribution is 9.10. The second-order valence-corrected chi connectivity index (χ2v) is 8.10. The van der Waals surface area contributed by atoms with Crippen LogP contribution in [0.3, 0.4) is 0 Å². The van der Waals surface area contributed by atoms with Crippen molar-refractivity contribution in [2.45, 2.75) is 34.6 Å². The van der Waals surface area contributed by atoms with Gasteiger partial charge in [-0.05, 0) is 99.5 Å². The van der Waals surface area contributed by atoms with Gasteiger partial charge in [-0.15, -0.1) is 0 Å². The molecule has 0 aliphatic carbocycles. The quantitative estimate of drug-likeness (QED) is 0.233. The Morgan fingerprint density at radius 3 is 1.62 bits per heavy atom. The number of ether oxygens (including phenoxy) is 1. The van der Waals surface area contributed by atoms with Crippen LogP contribution in [0.1, 0.15) is 34.6 Å². The van der Waals surface area contributed by atoms with Gasteiger partial charge >= 0.3 is 5.97 Å². The van der Waals surface area contributed by atoms with Crippen LogP contribution in [-0.4, -0.2) is 40.9 Å². The lowest BCUT2D eigenvalue weighted by molar-refractivity contribution is -0.131. The lowest BCUT2D eigenvalue weighted by atomic mass is 10.3. The standard InChI is InChI=1S/C8H6BrFO2.C6H4BrFO.C6H15N.C2H3ClO/c1-5(11)12-6-2-3-8(10)7(9)4-6;7-5-3-4(9)1-2-6(5)8;1-4-7(5-2)6-3;1-2(3)4/h2-4H,1H3;1-3,9H;4-6H2,1-3H3;1H3. The minimum absolute atomic E-state index is 0.0586. The van der Waals surface area contributed by atoms with Crippen LogP contribution < -0.4 is 4.74 Å². The fourth-order valence-electron chi connectivity index (χ4n) is 1.86. The van der Waals surface area contributed by atoms with E-state index in [9.17, 15) is 18.4 Å². The Morgan fingerprint density at radius 2 is 1.34 bits per heavy atom. The molecule has 0 bridgehead atoms. The van der Waals surface area contributed by atoms with Crippen LogP contribution in [0, 0.1) is 11.6 Å². The third kappa shape index (κ3) is 18.1. The topological polar surface area (TPSA) is 66.8 Å². The van der Waals surface area contributed by atoms with E-state index in [4.69, 9.17) is 9.84 Å². The first-order valence-corrected chi connectivity index (χ1v) is 11.5. The van der Waals surface area contributed by atoms with Gasteiger partial charge in [-0.1, -0.05) is 20.8 Å². The summed E-state index contributed by atoms with van der Waals surface area (Å²) in [5.74, 6) is -0.786. The van der Waals surface area contributed by atoms with Crippen molar-refractivity contribution in [1.29, 1.82) is 0 Å². The third-order valence-corrected chi connectivity index (χ3v) is 4.61. The number of esters is 1. The van der Waals surface area contributed by atoms with Gasteiger partial charge in [0.1, 0.15) is 23.1 Å². The summed E-state index contributed by atoms with van der Waals surface area (Å²) in [7, 11) is 0. The summed E-state index contributed by atoms with van der Waals surface area (Å²) in [6.45, 7) is 12.7. The average molecular weight is 604 g/mol. The van der Waals surface area contributed by atoms with Crippen molar-refractivity contribution in [2.24, 2.45) is 0 Å². The Kier molecular flexibility index (Phi) is 19.3. The zero-order valence-corrected chi connectivity index (χ0v) is 22.5. The minimum Gasteiger partial charge on any atom is -0.508 e. The number of carbonyl (C=O) groups is 2. The van der Waals surface area contributed by atoms with E-state index < -0.39 is 5.97 Å². The fraction of sp³-hybridized carbons (Fsp3) is 0.364. The molecular weight excluding hydrogens is 576 g/mol. The molecule has 0 atom stereocenters. The number of carbonyl (C=O) groups excluding carboxylic acids is 2. The molecule has 180 valence electrons. The highest BCUT2D eigenvalue weighted by Crippen LogP contribution is 2.21. The summed E-state index contributed by atoms with van der Waals surface area (Å²) >= 11 is 10.5. The zero-order valence-electron chi connectivity index (χ0n) is 18.6. The second kappa shape index (κ2) is 19.0. The van der Waals surface area contributed by atoms with E-state index in [-0.39, 0.29) is 31.6 Å². The summed E-state index contributed by atoms with van der Waals surface area (Å²) < 4.78 is 30.3. The maximum absolute atomic E-state index is 12.6. The van der Waals surface area contributed by atoms with Gasteiger partial charge in [0.15, 0.2) is 0 Å². The molecular formula is C22H28Br2ClF2NO4. The van der Waals surface area contributed by atoms with E-state index in [1.54, 1.807) is 0 Å². The molecule has 0 unspecified atom stereocenters. The number of benzene rings is 2. The van der Waals surface area contributed by atoms with Crippen molar-refractivity contribution in [3.63, 3.8) is 0 Å². The lowest BCUT2D eigenvalue weighted by Gasteiger charge is -2.13. The number of hydrogen-bond donors (Lipinski definition) is 1. The van der Waals surface area contributed by atoms with E-state index >= 15 is 0 Å². The molecule has 32 heavy (non-hydrogen) atoms. The van der Waals surface area contributed by atoms with E-state index in [1.807, 2.05) is 0 Å². The molecule has 0 saturated heterocycles. The van der Waals surface area contributed by atoms with Crippen LogP contribution in [0.2, 0.25) is 0 Å². The molecule has 2 aromatic carbocycles. The van der Waals surface area contributed by atoms with Crippen LogP contribution in [-0.2, 0) is 9.59 Å². The molecule has 1 N–H and O–H groups in total. The molecule has 0 aliphatic heterocycles. The molecule has 10 heteroatoms. The Hall–Kier alpha value is -1.55. The van der Waals surface area contributed by atoms with Crippen molar-refractivity contribution in [2.75, 3.05) is 19.6 Å². The van der Waals surface area contributed by atoms with Gasteiger partial charge in [0, 0.05) is 13.8 Å². The number of rotatable bonds is 4. The molecule has 0 aliphatic rings. The molecule has 0 saturated carbocycles. The number of hydrogen-bond acceptors (Lipinski definition) is 5. The van der Waals surface area contributed by atoms with Gasteiger partial charge < -0.3 is 14.7 Å². The fourth-order valence-corrected chi connectivity index (χ4v) is 2.59. The van der Waals surface area contributed by atoms with Crippen molar-refractivity contribution in [1.82, 2.24) is 4.90 Å². The molecule has 0 aromatic heterocycles. The first kappa shape index (κ1) is 32.6. The lowest BCUT2D eigenvalue weighted by Crippen LogP contribution is -2.21. The van der Waals surface area contributed by atoms with Crippen LogP contribution in [0.4, 0.5) is 8.78 Å². The SMILES string of the molecule is CC(=O)Cl.CC(=O)Oc1ccc(F)c(Br)c1.CCN(CC)CC.Oc1ccc(F)c(Br)c1. The molecule has 2 aromatic rings. The normalized spacial score (nSPS) is 9.34. The first-order valence-electron chi connectivity index (χ1n) is 9.53. The maximum Gasteiger partial charge on any atom is 0.308 e. The number of phenols is 1. The Morgan fingerprint density at radius 1 is 0.938 bits per heavy atom. The number of nitrogens with zero attached hydrogens (tertiary/aromatic N) is 1. The van der Waals surface area contributed by atoms with Gasteiger partial charge in [0.05, 0.1) is 8.95 Å². The van der Waals surface area contributed by atoms with Crippen LogP contribution >= 0.6 is 43.5 Å². The molecule has 2 rings (SSSR count).